The zero-order valence-electron chi connectivity index (χ0n) is 10.4. The van der Waals surface area contributed by atoms with Crippen molar-refractivity contribution in [2.45, 2.75) is 12.1 Å². The van der Waals surface area contributed by atoms with E-state index in [-0.39, 0.29) is 5.75 Å². The average molecular weight is 280 g/mol. The highest BCUT2D eigenvalue weighted by atomic mass is 32.2. The van der Waals surface area contributed by atoms with Crippen LogP contribution in [0, 0.1) is 6.92 Å². The molecule has 2 rings (SSSR count). The van der Waals surface area contributed by atoms with Crippen molar-refractivity contribution in [1.29, 1.82) is 0 Å². The zero-order chi connectivity index (χ0) is 13.8. The highest BCUT2D eigenvalue weighted by molar-refractivity contribution is 7.99. The number of aliphatic carboxylic acids is 1. The quantitative estimate of drug-likeness (QED) is 0.822. The number of carboxylic acid groups (broad SMARTS) is 1. The Morgan fingerprint density at radius 2 is 2.26 bits per heavy atom. The van der Waals surface area contributed by atoms with Gasteiger partial charge in [-0.25, -0.2) is 4.98 Å². The summed E-state index contributed by atoms with van der Waals surface area (Å²) in [7, 11) is 1.54. The zero-order valence-corrected chi connectivity index (χ0v) is 11.2. The van der Waals surface area contributed by atoms with E-state index < -0.39 is 5.97 Å². The molecule has 0 fully saturated rings. The molecule has 0 aliphatic heterocycles. The normalized spacial score (nSPS) is 10.4. The van der Waals surface area contributed by atoms with Crippen LogP contribution in [-0.2, 0) is 4.79 Å². The van der Waals surface area contributed by atoms with Crippen molar-refractivity contribution < 1.29 is 14.6 Å². The number of aromatic nitrogens is 4. The van der Waals surface area contributed by atoms with Gasteiger partial charge >= 0.3 is 5.97 Å². The maximum atomic E-state index is 10.6. The number of ether oxygens (including phenoxy) is 1. The lowest BCUT2D eigenvalue weighted by molar-refractivity contribution is -0.133. The van der Waals surface area contributed by atoms with Gasteiger partial charge in [0.15, 0.2) is 5.16 Å². The second kappa shape index (κ2) is 5.70. The van der Waals surface area contributed by atoms with Gasteiger partial charge in [0.2, 0.25) is 5.88 Å². The molecule has 0 radical (unpaired) electrons. The molecule has 0 saturated heterocycles. The van der Waals surface area contributed by atoms with Crippen LogP contribution in [0.15, 0.2) is 23.5 Å². The summed E-state index contributed by atoms with van der Waals surface area (Å²) in [4.78, 5) is 14.7. The van der Waals surface area contributed by atoms with E-state index in [0.717, 1.165) is 17.4 Å². The van der Waals surface area contributed by atoms with Crippen LogP contribution in [-0.4, -0.2) is 43.7 Å². The third-order valence-electron chi connectivity index (χ3n) is 2.31. The molecule has 19 heavy (non-hydrogen) atoms. The molecule has 0 spiro atoms. The fourth-order valence-corrected chi connectivity index (χ4v) is 2.20. The molecule has 8 heteroatoms. The predicted octanol–water partition coefficient (Wildman–Crippen LogP) is 1.16. The summed E-state index contributed by atoms with van der Waals surface area (Å²) in [6, 6.07) is 3.54. The first kappa shape index (κ1) is 13.3. The summed E-state index contributed by atoms with van der Waals surface area (Å²) in [5, 5.41) is 17.1. The lowest BCUT2D eigenvalue weighted by Crippen LogP contribution is -2.03. The van der Waals surface area contributed by atoms with Gasteiger partial charge in [-0.3, -0.25) is 9.36 Å². The van der Waals surface area contributed by atoms with Gasteiger partial charge in [-0.05, 0) is 13.0 Å². The van der Waals surface area contributed by atoms with Crippen LogP contribution in [0.3, 0.4) is 0 Å². The van der Waals surface area contributed by atoms with E-state index in [0.29, 0.717) is 16.9 Å². The fourth-order valence-electron chi connectivity index (χ4n) is 1.49. The van der Waals surface area contributed by atoms with Crippen LogP contribution in [0.5, 0.6) is 5.88 Å². The first-order chi connectivity index (χ1) is 9.11. The Hall–Kier alpha value is -2.09. The minimum absolute atomic E-state index is 0.0677. The number of aryl methyl sites for hydroxylation is 1. The lowest BCUT2D eigenvalue weighted by Gasteiger charge is -2.07. The lowest BCUT2D eigenvalue weighted by atomic mass is 10.4. The molecule has 0 aliphatic rings. The Morgan fingerprint density at radius 1 is 1.47 bits per heavy atom. The molecule has 0 amide bonds. The van der Waals surface area contributed by atoms with E-state index in [1.807, 2.05) is 6.07 Å². The van der Waals surface area contributed by atoms with Gasteiger partial charge in [0, 0.05) is 6.07 Å². The molecule has 2 aromatic rings. The topological polar surface area (TPSA) is 90.1 Å². The van der Waals surface area contributed by atoms with Gasteiger partial charge in [-0.2, -0.15) is 0 Å². The van der Waals surface area contributed by atoms with Gasteiger partial charge < -0.3 is 9.84 Å². The monoisotopic (exact) mass is 280 g/mol. The van der Waals surface area contributed by atoms with Crippen LogP contribution >= 0.6 is 11.8 Å². The van der Waals surface area contributed by atoms with Crippen molar-refractivity contribution in [2.24, 2.45) is 0 Å². The maximum Gasteiger partial charge on any atom is 0.313 e. The Bertz CT molecular complexity index is 582. The first-order valence-corrected chi connectivity index (χ1v) is 6.37. The van der Waals surface area contributed by atoms with E-state index in [1.165, 1.54) is 0 Å². The van der Waals surface area contributed by atoms with Crippen LogP contribution in [0.2, 0.25) is 0 Å². The van der Waals surface area contributed by atoms with Crippen LogP contribution < -0.4 is 4.74 Å². The second-order valence-electron chi connectivity index (χ2n) is 3.61. The van der Waals surface area contributed by atoms with Gasteiger partial charge in [0.05, 0.1) is 24.7 Å². The van der Waals surface area contributed by atoms with Gasteiger partial charge in [-0.15, -0.1) is 10.2 Å². The minimum Gasteiger partial charge on any atom is -0.481 e. The van der Waals surface area contributed by atoms with Crippen LogP contribution in [0.25, 0.3) is 5.69 Å². The largest absolute Gasteiger partial charge is 0.481 e. The Morgan fingerprint density at radius 3 is 2.84 bits per heavy atom. The van der Waals surface area contributed by atoms with Crippen molar-refractivity contribution in [2.75, 3.05) is 12.9 Å². The summed E-state index contributed by atoms with van der Waals surface area (Å²) in [6.45, 7) is 1.79. The number of hydrogen-bond donors (Lipinski definition) is 1. The molecule has 0 aromatic carbocycles. The smallest absolute Gasteiger partial charge is 0.313 e. The summed E-state index contributed by atoms with van der Waals surface area (Å²) in [5.41, 5.74) is 0.760. The summed E-state index contributed by atoms with van der Waals surface area (Å²) in [6.07, 6.45) is 1.63. The highest BCUT2D eigenvalue weighted by Gasteiger charge is 2.13. The van der Waals surface area contributed by atoms with E-state index in [2.05, 4.69) is 15.2 Å². The SMILES string of the molecule is COc1ccc(-n2c(C)nnc2SCC(=O)O)cn1. The molecule has 2 heterocycles. The molecular weight excluding hydrogens is 268 g/mol. The number of nitrogens with zero attached hydrogens (tertiary/aromatic N) is 4. The molecule has 7 nitrogen and oxygen atoms in total. The van der Waals surface area contributed by atoms with Crippen LogP contribution in [0.1, 0.15) is 5.82 Å². The van der Waals surface area contributed by atoms with Gasteiger partial charge in [-0.1, -0.05) is 11.8 Å². The van der Waals surface area contributed by atoms with Crippen molar-refractivity contribution in [3.05, 3.63) is 24.2 Å². The molecule has 2 aromatic heterocycles. The van der Waals surface area contributed by atoms with E-state index in [4.69, 9.17) is 9.84 Å². The Kier molecular flexibility index (Phi) is 4.00. The summed E-state index contributed by atoms with van der Waals surface area (Å²) < 4.78 is 6.74. The summed E-state index contributed by atoms with van der Waals surface area (Å²) in [5.74, 6) is 0.209. The number of hydrogen-bond acceptors (Lipinski definition) is 6. The molecule has 0 saturated carbocycles. The molecule has 1 N–H and O–H groups in total. The Balaban J connectivity index is 2.31. The van der Waals surface area contributed by atoms with Crippen molar-refractivity contribution in [3.63, 3.8) is 0 Å². The minimum atomic E-state index is -0.898. The van der Waals surface area contributed by atoms with Gasteiger partial charge in [0.1, 0.15) is 5.82 Å². The summed E-state index contributed by atoms with van der Waals surface area (Å²) >= 11 is 1.11. The number of methoxy groups -OCH3 is 1. The predicted molar refractivity (Wildman–Crippen MR) is 68.8 cm³/mol. The molecule has 0 atom stereocenters. The Labute approximate surface area is 113 Å². The number of carbonyl (C=O) groups is 1. The van der Waals surface area contributed by atoms with E-state index in [9.17, 15) is 4.79 Å². The maximum absolute atomic E-state index is 10.6. The van der Waals surface area contributed by atoms with Gasteiger partial charge in [0.25, 0.3) is 0 Å². The number of rotatable bonds is 5. The molecule has 0 aliphatic carbocycles. The van der Waals surface area contributed by atoms with Crippen LogP contribution in [0.4, 0.5) is 0 Å². The third kappa shape index (κ3) is 3.02. The first-order valence-electron chi connectivity index (χ1n) is 5.39. The van der Waals surface area contributed by atoms with E-state index >= 15 is 0 Å². The second-order valence-corrected chi connectivity index (χ2v) is 4.55. The number of carboxylic acids is 1. The highest BCUT2D eigenvalue weighted by Crippen LogP contribution is 2.22. The molecule has 0 bridgehead atoms. The van der Waals surface area contributed by atoms with Crippen molar-refractivity contribution in [1.82, 2.24) is 19.7 Å². The molecule has 100 valence electrons. The van der Waals surface area contributed by atoms with E-state index in [1.54, 1.807) is 30.9 Å². The molecular formula is C11H12N4O3S. The third-order valence-corrected chi connectivity index (χ3v) is 3.22. The number of pyridine rings is 1. The fraction of sp³-hybridized carbons (Fsp3) is 0.273. The molecule has 0 unspecified atom stereocenters. The number of thioether (sulfide) groups is 1. The van der Waals surface area contributed by atoms with Crippen molar-refractivity contribution in [3.8, 4) is 11.6 Å². The van der Waals surface area contributed by atoms with Crippen molar-refractivity contribution >= 4 is 17.7 Å². The standard InChI is InChI=1S/C11H12N4O3S/c1-7-13-14-11(19-6-10(16)17)15(7)8-3-4-9(18-2)12-5-8/h3-5H,6H2,1-2H3,(H,16,17). The average Bonchev–Trinajstić information content (AvgIpc) is 2.78.